The van der Waals surface area contributed by atoms with Gasteiger partial charge in [-0.25, -0.2) is 9.13 Å². The molecular formula is C85H140O17P2. The highest BCUT2D eigenvalue weighted by Gasteiger charge is 2.30. The van der Waals surface area contributed by atoms with Crippen molar-refractivity contribution in [1.82, 2.24) is 0 Å². The van der Waals surface area contributed by atoms with Gasteiger partial charge < -0.3 is 33.8 Å². The number of carbonyl (C=O) groups excluding carboxylic acids is 4. The van der Waals surface area contributed by atoms with Crippen LogP contribution in [0.5, 0.6) is 0 Å². The number of phosphoric ester groups is 2. The lowest BCUT2D eigenvalue weighted by atomic mass is 10.1. The molecule has 0 fully saturated rings. The van der Waals surface area contributed by atoms with Crippen LogP contribution in [0.4, 0.5) is 0 Å². The van der Waals surface area contributed by atoms with E-state index < -0.39 is 97.5 Å². The molecule has 0 aromatic heterocycles. The van der Waals surface area contributed by atoms with Gasteiger partial charge in [0.25, 0.3) is 0 Å². The summed E-state index contributed by atoms with van der Waals surface area (Å²) in [5.41, 5.74) is 0. The Kier molecular flexibility index (Phi) is 72.0. The monoisotopic (exact) mass is 1490 g/mol. The van der Waals surface area contributed by atoms with Gasteiger partial charge in [0, 0.05) is 25.7 Å². The van der Waals surface area contributed by atoms with Crippen LogP contribution < -0.4 is 0 Å². The Balaban J connectivity index is 5.45. The van der Waals surface area contributed by atoms with Gasteiger partial charge in [0.15, 0.2) is 12.2 Å². The lowest BCUT2D eigenvalue weighted by Gasteiger charge is -2.21. The molecule has 0 aliphatic carbocycles. The van der Waals surface area contributed by atoms with E-state index in [9.17, 15) is 43.2 Å². The smallest absolute Gasteiger partial charge is 0.462 e. The number of aliphatic hydroxyl groups is 1. The molecule has 0 aliphatic heterocycles. The Bertz CT molecular complexity index is 2590. The van der Waals surface area contributed by atoms with Crippen molar-refractivity contribution in [3.63, 3.8) is 0 Å². The summed E-state index contributed by atoms with van der Waals surface area (Å²) in [4.78, 5) is 73.0. The highest BCUT2D eigenvalue weighted by Crippen LogP contribution is 2.45. The highest BCUT2D eigenvalue weighted by atomic mass is 31.2. The predicted molar refractivity (Wildman–Crippen MR) is 427 cm³/mol. The number of esters is 4. The van der Waals surface area contributed by atoms with Crippen molar-refractivity contribution in [3.05, 3.63) is 158 Å². The van der Waals surface area contributed by atoms with Crippen LogP contribution in [-0.2, 0) is 65.4 Å². The third-order valence-corrected chi connectivity index (χ3v) is 17.9. The van der Waals surface area contributed by atoms with Gasteiger partial charge >= 0.3 is 39.5 Å². The molecule has 5 unspecified atom stereocenters. The van der Waals surface area contributed by atoms with Crippen molar-refractivity contribution in [2.75, 3.05) is 39.6 Å². The van der Waals surface area contributed by atoms with Crippen LogP contribution in [-0.4, -0.2) is 96.7 Å². The maximum absolute atomic E-state index is 13.1. The van der Waals surface area contributed by atoms with E-state index in [4.69, 9.17) is 37.0 Å². The van der Waals surface area contributed by atoms with Gasteiger partial charge in [0.05, 0.1) is 26.4 Å². The Morgan fingerprint density at radius 1 is 0.279 bits per heavy atom. The Labute approximate surface area is 629 Å². The van der Waals surface area contributed by atoms with Crippen molar-refractivity contribution >= 4 is 39.5 Å². The van der Waals surface area contributed by atoms with Gasteiger partial charge in [-0.3, -0.25) is 37.3 Å². The molecule has 0 rings (SSSR count). The van der Waals surface area contributed by atoms with Crippen molar-refractivity contribution in [2.24, 2.45) is 0 Å². The second-order valence-corrected chi connectivity index (χ2v) is 28.8. The van der Waals surface area contributed by atoms with Crippen LogP contribution in [0, 0.1) is 0 Å². The first-order valence-electron chi connectivity index (χ1n) is 39.7. The number of aliphatic hydroxyl groups excluding tert-OH is 1. The molecular weight excluding hydrogens is 1350 g/mol. The van der Waals surface area contributed by atoms with Gasteiger partial charge in [-0.15, -0.1) is 0 Å². The molecule has 17 nitrogen and oxygen atoms in total. The molecule has 592 valence electrons. The lowest BCUT2D eigenvalue weighted by Crippen LogP contribution is -2.30. The molecule has 0 spiro atoms. The van der Waals surface area contributed by atoms with E-state index in [2.05, 4.69) is 174 Å². The fraction of sp³-hybridized carbons (Fsp3) is 0.647. The predicted octanol–water partition coefficient (Wildman–Crippen LogP) is 23.2. The average molecular weight is 1500 g/mol. The van der Waals surface area contributed by atoms with E-state index >= 15 is 0 Å². The molecule has 104 heavy (non-hydrogen) atoms. The summed E-state index contributed by atoms with van der Waals surface area (Å²) < 4.78 is 68.5. The molecule has 0 aliphatic rings. The van der Waals surface area contributed by atoms with Crippen LogP contribution in [0.2, 0.25) is 0 Å². The van der Waals surface area contributed by atoms with Crippen molar-refractivity contribution < 1.29 is 80.2 Å². The van der Waals surface area contributed by atoms with Crippen LogP contribution in [0.1, 0.15) is 297 Å². The number of allylic oxidation sites excluding steroid dienone is 26. The standard InChI is InChI=1S/C85H140O17P2/c1-5-9-13-17-21-25-29-33-36-39-42-46-49-53-57-61-65-69-82(87)95-75-80(101-84(89)71-67-63-59-55-51-45-32-28-24-20-16-12-8-4)77-99-103(91,92)97-73-79(86)74-98-104(93,94)100-78-81(102-85(90)72-68-64-60-56-52-48-44-41-38-35-31-27-23-19-15-11-7-3)76-96-83(88)70-66-62-58-54-50-47-43-40-37-34-30-26-22-18-14-10-6-2/h9-11,13-15,21-23,25-28,32-38,43-44,47-48,54,58,79-81,86H,5-8,12,16-20,24,29-31,39-42,45-46,49-53,55-57,59-78H2,1-4H3,(H,91,92)(H,93,94)/b13-9-,14-10-,15-11-,25-21-,26-22-,27-23-,32-28-,36-33-,37-34-,38-35-,47-43-,48-44-,58-54-. The maximum Gasteiger partial charge on any atom is 0.472 e. The van der Waals surface area contributed by atoms with Crippen molar-refractivity contribution in [2.45, 2.75) is 316 Å². The highest BCUT2D eigenvalue weighted by molar-refractivity contribution is 7.47. The minimum absolute atomic E-state index is 0.0493. The number of hydrogen-bond donors (Lipinski definition) is 3. The zero-order valence-electron chi connectivity index (χ0n) is 64.6. The normalized spacial score (nSPS) is 14.7. The number of rotatable bonds is 73. The summed E-state index contributed by atoms with van der Waals surface area (Å²) in [7, 11) is -10.00. The fourth-order valence-electron chi connectivity index (χ4n) is 10.0. The van der Waals surface area contributed by atoms with E-state index in [0.717, 1.165) is 186 Å². The van der Waals surface area contributed by atoms with Crippen molar-refractivity contribution in [3.8, 4) is 0 Å². The summed E-state index contributed by atoms with van der Waals surface area (Å²) in [5, 5.41) is 10.6. The number of phosphoric acid groups is 2. The molecule has 0 saturated heterocycles. The zero-order valence-corrected chi connectivity index (χ0v) is 66.4. The van der Waals surface area contributed by atoms with Gasteiger partial charge in [-0.2, -0.15) is 0 Å². The van der Waals surface area contributed by atoms with E-state index in [-0.39, 0.29) is 25.7 Å². The average Bonchev–Trinajstić information content (AvgIpc) is 0.910. The van der Waals surface area contributed by atoms with Gasteiger partial charge in [-0.05, 0) is 161 Å². The summed E-state index contributed by atoms with van der Waals surface area (Å²) in [6, 6.07) is 0. The molecule has 0 amide bonds. The molecule has 19 heteroatoms. The minimum Gasteiger partial charge on any atom is -0.462 e. The third kappa shape index (κ3) is 74.9. The van der Waals surface area contributed by atoms with Crippen molar-refractivity contribution in [1.29, 1.82) is 0 Å². The molecule has 0 aromatic rings. The third-order valence-electron chi connectivity index (χ3n) is 16.0. The molecule has 5 atom stereocenters. The summed E-state index contributed by atoms with van der Waals surface area (Å²) in [6.45, 7) is 4.40. The quantitative estimate of drug-likeness (QED) is 0.0169. The van der Waals surface area contributed by atoms with E-state index in [0.29, 0.717) is 32.1 Å². The summed E-state index contributed by atoms with van der Waals surface area (Å²) >= 11 is 0. The zero-order chi connectivity index (χ0) is 76.0. The van der Waals surface area contributed by atoms with Crippen LogP contribution in [0.3, 0.4) is 0 Å². The van der Waals surface area contributed by atoms with E-state index in [1.807, 2.05) is 12.2 Å². The first-order valence-corrected chi connectivity index (χ1v) is 42.7. The molecule has 0 heterocycles. The first kappa shape index (κ1) is 98.7. The fourth-order valence-corrected chi connectivity index (χ4v) is 11.6. The van der Waals surface area contributed by atoms with Crippen LogP contribution >= 0.6 is 15.6 Å². The Morgan fingerprint density at radius 3 is 0.817 bits per heavy atom. The maximum atomic E-state index is 13.1. The largest absolute Gasteiger partial charge is 0.472 e. The lowest BCUT2D eigenvalue weighted by molar-refractivity contribution is -0.161. The van der Waals surface area contributed by atoms with Crippen LogP contribution in [0.25, 0.3) is 0 Å². The SMILES string of the molecule is CC/C=C\C/C=C\C/C=C\C/C=C\C/C=C\CCCC(=O)OCC(COP(=O)(O)OCC(O)COP(=O)(O)OCC(COC(=O)CCCCCCCCC/C=C\C/C=C\C/C=C\CC)OC(=O)CCCCCCC/C=C\CCCCCC)OC(=O)CCCCCC/C=C\C/C=C\C/C=C\C/C=C\CC. The van der Waals surface area contributed by atoms with Gasteiger partial charge in [0.2, 0.25) is 0 Å². The van der Waals surface area contributed by atoms with Crippen LogP contribution in [0.15, 0.2) is 158 Å². The number of unbranched alkanes of at least 4 members (excludes halogenated alkanes) is 21. The van der Waals surface area contributed by atoms with E-state index in [1.54, 1.807) is 0 Å². The molecule has 0 saturated carbocycles. The molecule has 3 N–H and O–H groups in total. The van der Waals surface area contributed by atoms with E-state index in [1.165, 1.54) is 25.7 Å². The Hall–Kier alpha value is -5.32. The first-order chi connectivity index (χ1) is 50.7. The topological polar surface area (TPSA) is 237 Å². The second kappa shape index (κ2) is 75.9. The van der Waals surface area contributed by atoms with Gasteiger partial charge in [-0.1, -0.05) is 269 Å². The Morgan fingerprint density at radius 2 is 0.510 bits per heavy atom. The summed E-state index contributed by atoms with van der Waals surface area (Å²) in [6.07, 6.45) is 88.0. The minimum atomic E-state index is -5.00. The number of ether oxygens (including phenoxy) is 4. The number of carbonyl (C=O) groups is 4. The van der Waals surface area contributed by atoms with Gasteiger partial charge in [0.1, 0.15) is 19.3 Å². The number of hydrogen-bond acceptors (Lipinski definition) is 15. The molecule has 0 radical (unpaired) electrons. The molecule has 0 aromatic carbocycles. The summed E-state index contributed by atoms with van der Waals surface area (Å²) in [5.74, 6) is -2.30. The molecule has 0 bridgehead atoms. The second-order valence-electron chi connectivity index (χ2n) is 25.9.